The summed E-state index contributed by atoms with van der Waals surface area (Å²) in [6.45, 7) is 3.36. The molecule has 0 fully saturated rings. The van der Waals surface area contributed by atoms with Gasteiger partial charge in [-0.25, -0.2) is 13.2 Å². The molecule has 0 atom stereocenters. The van der Waals surface area contributed by atoms with E-state index < -0.39 is 28.4 Å². The highest BCUT2D eigenvalue weighted by Crippen LogP contribution is 2.28. The molecule has 0 heterocycles. The molecule has 178 valence electrons. The Hall–Kier alpha value is -3.36. The lowest BCUT2D eigenvalue weighted by atomic mass is 10.1. The van der Waals surface area contributed by atoms with Gasteiger partial charge in [-0.05, 0) is 55.3 Å². The number of ether oxygens (including phenoxy) is 1. The Labute approximate surface area is 204 Å². The molecule has 3 aromatic rings. The summed E-state index contributed by atoms with van der Waals surface area (Å²) in [6.07, 6.45) is 0.583. The number of esters is 1. The van der Waals surface area contributed by atoms with Crippen molar-refractivity contribution in [1.29, 1.82) is 0 Å². The summed E-state index contributed by atoms with van der Waals surface area (Å²) in [6, 6.07) is 19.3. The van der Waals surface area contributed by atoms with Gasteiger partial charge in [-0.1, -0.05) is 54.9 Å². The van der Waals surface area contributed by atoms with Crippen LogP contribution < -0.4 is 9.62 Å². The molecule has 7 nitrogen and oxygen atoms in total. The van der Waals surface area contributed by atoms with Crippen LogP contribution in [0, 0.1) is 0 Å². The highest BCUT2D eigenvalue weighted by atomic mass is 35.5. The van der Waals surface area contributed by atoms with Crippen molar-refractivity contribution in [2.24, 2.45) is 0 Å². The Morgan fingerprint density at radius 3 is 2.29 bits per heavy atom. The molecule has 0 aliphatic rings. The van der Waals surface area contributed by atoms with Gasteiger partial charge in [-0.3, -0.25) is 9.10 Å². The van der Waals surface area contributed by atoms with Crippen LogP contribution in [0.1, 0.15) is 29.8 Å². The summed E-state index contributed by atoms with van der Waals surface area (Å²) in [5, 5.41) is 2.77. The summed E-state index contributed by atoms with van der Waals surface area (Å²) < 4.78 is 33.1. The molecule has 0 aromatic heterocycles. The average molecular weight is 501 g/mol. The van der Waals surface area contributed by atoms with Crippen LogP contribution in [-0.4, -0.2) is 33.4 Å². The van der Waals surface area contributed by atoms with Crippen molar-refractivity contribution in [3.8, 4) is 0 Å². The van der Waals surface area contributed by atoms with Gasteiger partial charge < -0.3 is 10.1 Å². The number of nitrogens with zero attached hydrogens (tertiary/aromatic N) is 1. The molecule has 9 heteroatoms. The number of carbonyl (C=O) groups excluding carboxylic acids is 2. The maximum atomic E-state index is 13.5. The quantitative estimate of drug-likeness (QED) is 0.421. The standard InChI is InChI=1S/C25H25ClN2O5S/c1-3-18-10-8-9-13-23(18)28(34(31,32)20-11-6-5-7-12-20)17-24(29)27-22-15-14-19(16-21(22)26)25(30)33-4-2/h5-16H,3-4,17H2,1-2H3,(H,27,29). The number of rotatable bonds is 9. The molecule has 0 unspecified atom stereocenters. The van der Waals surface area contributed by atoms with E-state index in [-0.39, 0.29) is 27.8 Å². The fourth-order valence-corrected chi connectivity index (χ4v) is 5.06. The summed E-state index contributed by atoms with van der Waals surface area (Å²) in [5.41, 5.74) is 1.70. The maximum Gasteiger partial charge on any atom is 0.338 e. The van der Waals surface area contributed by atoms with E-state index in [1.165, 1.54) is 30.3 Å². The van der Waals surface area contributed by atoms with Gasteiger partial charge in [0, 0.05) is 0 Å². The molecule has 34 heavy (non-hydrogen) atoms. The van der Waals surface area contributed by atoms with Crippen LogP contribution in [0.15, 0.2) is 77.7 Å². The molecule has 0 saturated heterocycles. The van der Waals surface area contributed by atoms with Crippen LogP contribution in [0.4, 0.5) is 11.4 Å². The van der Waals surface area contributed by atoms with Gasteiger partial charge >= 0.3 is 5.97 Å². The van der Waals surface area contributed by atoms with Crippen molar-refractivity contribution < 1.29 is 22.7 Å². The number of carbonyl (C=O) groups is 2. The van der Waals surface area contributed by atoms with Gasteiger partial charge in [0.25, 0.3) is 10.0 Å². The molecule has 3 aromatic carbocycles. The highest BCUT2D eigenvalue weighted by molar-refractivity contribution is 7.92. The smallest absolute Gasteiger partial charge is 0.338 e. The predicted molar refractivity (Wildman–Crippen MR) is 133 cm³/mol. The lowest BCUT2D eigenvalue weighted by Gasteiger charge is -2.26. The fourth-order valence-electron chi connectivity index (χ4n) is 3.35. The van der Waals surface area contributed by atoms with Crippen molar-refractivity contribution in [3.63, 3.8) is 0 Å². The van der Waals surface area contributed by atoms with E-state index in [1.54, 1.807) is 37.3 Å². The molecule has 3 rings (SSSR count). The number of para-hydroxylation sites is 1. The van der Waals surface area contributed by atoms with Crippen LogP contribution in [-0.2, 0) is 26.0 Å². The largest absolute Gasteiger partial charge is 0.462 e. The average Bonchev–Trinajstić information content (AvgIpc) is 2.84. The number of sulfonamides is 1. The van der Waals surface area contributed by atoms with Crippen molar-refractivity contribution in [2.45, 2.75) is 25.2 Å². The SMILES string of the molecule is CCOC(=O)c1ccc(NC(=O)CN(c2ccccc2CC)S(=O)(=O)c2ccccc2)c(Cl)c1. The first-order valence-electron chi connectivity index (χ1n) is 10.7. The van der Waals surface area contributed by atoms with E-state index in [0.717, 1.165) is 9.87 Å². The molecule has 0 radical (unpaired) electrons. The minimum atomic E-state index is -4.03. The molecule has 1 N–H and O–H groups in total. The zero-order valence-corrected chi connectivity index (χ0v) is 20.4. The Morgan fingerprint density at radius 1 is 0.971 bits per heavy atom. The van der Waals surface area contributed by atoms with Crippen LogP contribution in [0.5, 0.6) is 0 Å². The molecule has 0 aliphatic heterocycles. The van der Waals surface area contributed by atoms with Crippen LogP contribution in [0.3, 0.4) is 0 Å². The first kappa shape index (κ1) is 25.3. The summed E-state index contributed by atoms with van der Waals surface area (Å²) in [5.74, 6) is -1.12. The second-order valence-corrected chi connectivity index (χ2v) is 9.54. The second-order valence-electron chi connectivity index (χ2n) is 7.27. The third-order valence-electron chi connectivity index (χ3n) is 5.01. The molecular formula is C25H25ClN2O5S. The van der Waals surface area contributed by atoms with E-state index in [1.807, 2.05) is 19.1 Å². The molecular weight excluding hydrogens is 476 g/mol. The van der Waals surface area contributed by atoms with Crippen LogP contribution in [0.25, 0.3) is 0 Å². The third-order valence-corrected chi connectivity index (χ3v) is 7.10. The maximum absolute atomic E-state index is 13.5. The van der Waals surface area contributed by atoms with Gasteiger partial charge in [0.2, 0.25) is 5.91 Å². The van der Waals surface area contributed by atoms with E-state index in [0.29, 0.717) is 12.1 Å². The van der Waals surface area contributed by atoms with Gasteiger partial charge in [0.1, 0.15) is 6.54 Å². The lowest BCUT2D eigenvalue weighted by molar-refractivity contribution is -0.114. The van der Waals surface area contributed by atoms with E-state index in [2.05, 4.69) is 5.32 Å². The molecule has 0 bridgehead atoms. The number of benzene rings is 3. The van der Waals surface area contributed by atoms with E-state index in [9.17, 15) is 18.0 Å². The Bertz CT molecular complexity index is 1280. The number of hydrogen-bond acceptors (Lipinski definition) is 5. The highest BCUT2D eigenvalue weighted by Gasteiger charge is 2.28. The number of amides is 1. The summed E-state index contributed by atoms with van der Waals surface area (Å²) in [4.78, 5) is 25.0. The monoisotopic (exact) mass is 500 g/mol. The van der Waals surface area contributed by atoms with Crippen LogP contribution in [0.2, 0.25) is 5.02 Å². The van der Waals surface area contributed by atoms with Crippen molar-refractivity contribution in [1.82, 2.24) is 0 Å². The lowest BCUT2D eigenvalue weighted by Crippen LogP contribution is -2.38. The Balaban J connectivity index is 1.91. The normalized spacial score (nSPS) is 11.0. The summed E-state index contributed by atoms with van der Waals surface area (Å²) >= 11 is 6.25. The second kappa shape index (κ2) is 11.2. The predicted octanol–water partition coefficient (Wildman–Crippen LogP) is 4.91. The fraction of sp³-hybridized carbons (Fsp3) is 0.200. The van der Waals surface area contributed by atoms with Gasteiger partial charge in [0.15, 0.2) is 0 Å². The van der Waals surface area contributed by atoms with Crippen molar-refractivity contribution in [3.05, 3.63) is 88.9 Å². The van der Waals surface area contributed by atoms with E-state index in [4.69, 9.17) is 16.3 Å². The van der Waals surface area contributed by atoms with E-state index >= 15 is 0 Å². The number of halogens is 1. The number of nitrogens with one attached hydrogen (secondary N) is 1. The Morgan fingerprint density at radius 2 is 1.65 bits per heavy atom. The minimum Gasteiger partial charge on any atom is -0.462 e. The van der Waals surface area contributed by atoms with Crippen molar-refractivity contribution in [2.75, 3.05) is 22.8 Å². The van der Waals surface area contributed by atoms with Gasteiger partial charge in [-0.2, -0.15) is 0 Å². The van der Waals surface area contributed by atoms with Gasteiger partial charge in [0.05, 0.1) is 33.5 Å². The molecule has 0 aliphatic carbocycles. The number of hydrogen-bond donors (Lipinski definition) is 1. The van der Waals surface area contributed by atoms with Gasteiger partial charge in [-0.15, -0.1) is 0 Å². The third kappa shape index (κ3) is 5.76. The zero-order chi connectivity index (χ0) is 24.7. The first-order chi connectivity index (χ1) is 16.3. The minimum absolute atomic E-state index is 0.0746. The summed E-state index contributed by atoms with van der Waals surface area (Å²) in [7, 11) is -4.03. The molecule has 1 amide bonds. The molecule has 0 saturated carbocycles. The van der Waals surface area contributed by atoms with Crippen LogP contribution >= 0.6 is 11.6 Å². The molecule has 0 spiro atoms. The Kier molecular flexibility index (Phi) is 8.31. The number of aryl methyl sites for hydroxylation is 1. The zero-order valence-electron chi connectivity index (χ0n) is 18.8. The number of anilines is 2. The van der Waals surface area contributed by atoms with Crippen molar-refractivity contribution >= 4 is 44.9 Å². The first-order valence-corrected chi connectivity index (χ1v) is 12.5. The topological polar surface area (TPSA) is 92.8 Å².